The molecule has 0 aromatic heterocycles. The molecule has 0 amide bonds. The molecule has 0 aromatic carbocycles. The second kappa shape index (κ2) is 4.30. The van der Waals surface area contributed by atoms with Crippen molar-refractivity contribution in [2.45, 2.75) is 27.2 Å². The third-order valence-electron chi connectivity index (χ3n) is 3.87. The lowest BCUT2D eigenvalue weighted by molar-refractivity contribution is -0.149. The first-order valence-corrected chi connectivity index (χ1v) is 5.34. The molecule has 3 unspecified atom stereocenters. The maximum Gasteiger partial charge on any atom is 0.310 e. The van der Waals surface area contributed by atoms with E-state index in [4.69, 9.17) is 4.74 Å². The molecular formula is C11H21NO2. The van der Waals surface area contributed by atoms with Crippen LogP contribution in [0, 0.1) is 17.3 Å². The smallest absolute Gasteiger partial charge is 0.310 e. The average molecular weight is 199 g/mol. The second-order valence-corrected chi connectivity index (χ2v) is 4.52. The van der Waals surface area contributed by atoms with Crippen LogP contribution >= 0.6 is 0 Å². The van der Waals surface area contributed by atoms with Crippen molar-refractivity contribution >= 4 is 5.97 Å². The van der Waals surface area contributed by atoms with E-state index in [1.807, 2.05) is 0 Å². The quantitative estimate of drug-likeness (QED) is 0.699. The van der Waals surface area contributed by atoms with Crippen molar-refractivity contribution in [3.63, 3.8) is 0 Å². The van der Waals surface area contributed by atoms with Gasteiger partial charge in [0.2, 0.25) is 0 Å². The van der Waals surface area contributed by atoms with E-state index in [9.17, 15) is 4.79 Å². The zero-order valence-corrected chi connectivity index (χ0v) is 9.59. The number of carbonyl (C=O) groups excluding carboxylic acids is 1. The molecule has 0 saturated carbocycles. The highest BCUT2D eigenvalue weighted by molar-refractivity contribution is 5.74. The minimum absolute atomic E-state index is 0.0162. The molecule has 3 nitrogen and oxygen atoms in total. The molecule has 1 rings (SSSR count). The first-order valence-electron chi connectivity index (χ1n) is 5.34. The van der Waals surface area contributed by atoms with Gasteiger partial charge in [-0.1, -0.05) is 27.2 Å². The third kappa shape index (κ3) is 1.78. The number of rotatable bonds is 3. The highest BCUT2D eigenvalue weighted by Gasteiger charge is 2.46. The molecule has 82 valence electrons. The number of hydrogen-bond donors (Lipinski definition) is 1. The summed E-state index contributed by atoms with van der Waals surface area (Å²) in [4.78, 5) is 11.6. The number of carbonyl (C=O) groups is 1. The van der Waals surface area contributed by atoms with Crippen LogP contribution in [0.25, 0.3) is 0 Å². The number of nitrogens with one attached hydrogen (secondary N) is 1. The Hall–Kier alpha value is -0.570. The van der Waals surface area contributed by atoms with Gasteiger partial charge in [0.15, 0.2) is 0 Å². The number of hydrogen-bond acceptors (Lipinski definition) is 3. The van der Waals surface area contributed by atoms with Gasteiger partial charge in [0.25, 0.3) is 0 Å². The first-order chi connectivity index (χ1) is 6.56. The van der Waals surface area contributed by atoms with Crippen LogP contribution in [0.4, 0.5) is 0 Å². The Morgan fingerprint density at radius 2 is 2.36 bits per heavy atom. The van der Waals surface area contributed by atoms with Crippen LogP contribution in [0.3, 0.4) is 0 Å². The van der Waals surface area contributed by atoms with Crippen molar-refractivity contribution < 1.29 is 9.53 Å². The minimum atomic E-state index is -0.0715. The highest BCUT2D eigenvalue weighted by Crippen LogP contribution is 2.40. The Morgan fingerprint density at radius 3 is 2.86 bits per heavy atom. The van der Waals surface area contributed by atoms with Crippen LogP contribution in [0.1, 0.15) is 27.2 Å². The fourth-order valence-corrected chi connectivity index (χ4v) is 2.32. The summed E-state index contributed by atoms with van der Waals surface area (Å²) in [6.07, 6.45) is 1.10. The van der Waals surface area contributed by atoms with E-state index in [-0.39, 0.29) is 17.3 Å². The highest BCUT2D eigenvalue weighted by atomic mass is 16.5. The molecule has 0 bridgehead atoms. The van der Waals surface area contributed by atoms with Gasteiger partial charge in [-0.3, -0.25) is 4.79 Å². The maximum atomic E-state index is 11.6. The van der Waals surface area contributed by atoms with Crippen LogP contribution in [0.2, 0.25) is 0 Å². The van der Waals surface area contributed by atoms with Crippen molar-refractivity contribution in [1.29, 1.82) is 0 Å². The van der Waals surface area contributed by atoms with Crippen LogP contribution < -0.4 is 5.32 Å². The normalized spacial score (nSPS) is 34.1. The van der Waals surface area contributed by atoms with E-state index in [1.54, 1.807) is 0 Å². The molecule has 1 aliphatic rings. The van der Waals surface area contributed by atoms with Gasteiger partial charge in [-0.2, -0.15) is 0 Å². The molecule has 0 aromatic rings. The standard InChI is InChI=1S/C11H21NO2/c1-5-8(2)11(3)7-12-6-9(11)10(13)14-4/h8-9,12H,5-7H2,1-4H3. The zero-order valence-electron chi connectivity index (χ0n) is 9.59. The van der Waals surface area contributed by atoms with E-state index in [2.05, 4.69) is 26.1 Å². The van der Waals surface area contributed by atoms with E-state index >= 15 is 0 Å². The summed E-state index contributed by atoms with van der Waals surface area (Å²) >= 11 is 0. The van der Waals surface area contributed by atoms with Crippen molar-refractivity contribution in [2.75, 3.05) is 20.2 Å². The van der Waals surface area contributed by atoms with E-state index in [1.165, 1.54) is 7.11 Å². The molecule has 0 aliphatic carbocycles. The van der Waals surface area contributed by atoms with Gasteiger partial charge < -0.3 is 10.1 Å². The minimum Gasteiger partial charge on any atom is -0.469 e. The Labute approximate surface area is 86.2 Å². The molecule has 3 atom stereocenters. The number of ether oxygens (including phenoxy) is 1. The predicted octanol–water partition coefficient (Wildman–Crippen LogP) is 1.43. The topological polar surface area (TPSA) is 38.3 Å². The third-order valence-corrected chi connectivity index (χ3v) is 3.87. The Balaban J connectivity index is 2.80. The monoisotopic (exact) mass is 199 g/mol. The Morgan fingerprint density at radius 1 is 1.71 bits per heavy atom. The van der Waals surface area contributed by atoms with Gasteiger partial charge in [0.1, 0.15) is 0 Å². The van der Waals surface area contributed by atoms with Crippen molar-refractivity contribution in [3.8, 4) is 0 Å². The summed E-state index contributed by atoms with van der Waals surface area (Å²) in [5.41, 5.74) is 0.0574. The molecule has 1 aliphatic heterocycles. The van der Waals surface area contributed by atoms with Crippen molar-refractivity contribution in [1.82, 2.24) is 5.32 Å². The van der Waals surface area contributed by atoms with Gasteiger partial charge in [0, 0.05) is 13.1 Å². The Kier molecular flexibility index (Phi) is 3.53. The molecule has 1 saturated heterocycles. The molecule has 1 heterocycles. The number of methoxy groups -OCH3 is 1. The fraction of sp³-hybridized carbons (Fsp3) is 0.909. The zero-order chi connectivity index (χ0) is 10.8. The van der Waals surface area contributed by atoms with Crippen molar-refractivity contribution in [2.24, 2.45) is 17.3 Å². The maximum absolute atomic E-state index is 11.6. The first kappa shape index (κ1) is 11.5. The van der Waals surface area contributed by atoms with Crippen LogP contribution in [-0.2, 0) is 9.53 Å². The molecular weight excluding hydrogens is 178 g/mol. The van der Waals surface area contributed by atoms with Gasteiger partial charge in [-0.15, -0.1) is 0 Å². The summed E-state index contributed by atoms with van der Waals surface area (Å²) < 4.78 is 4.85. The van der Waals surface area contributed by atoms with Crippen LogP contribution in [0.15, 0.2) is 0 Å². The van der Waals surface area contributed by atoms with Gasteiger partial charge in [0.05, 0.1) is 13.0 Å². The second-order valence-electron chi connectivity index (χ2n) is 4.52. The molecule has 14 heavy (non-hydrogen) atoms. The summed E-state index contributed by atoms with van der Waals surface area (Å²) in [7, 11) is 1.47. The summed E-state index contributed by atoms with van der Waals surface area (Å²) in [6, 6.07) is 0. The van der Waals surface area contributed by atoms with E-state index < -0.39 is 0 Å². The SMILES string of the molecule is CCC(C)C1(C)CNCC1C(=O)OC. The Bertz CT molecular complexity index is 217. The van der Waals surface area contributed by atoms with Gasteiger partial charge >= 0.3 is 5.97 Å². The van der Waals surface area contributed by atoms with E-state index in [0.717, 1.165) is 19.5 Å². The van der Waals surface area contributed by atoms with Gasteiger partial charge in [-0.05, 0) is 11.3 Å². The van der Waals surface area contributed by atoms with Crippen molar-refractivity contribution in [3.05, 3.63) is 0 Å². The predicted molar refractivity (Wildman–Crippen MR) is 55.9 cm³/mol. The average Bonchev–Trinajstić information content (AvgIpc) is 2.59. The van der Waals surface area contributed by atoms with Gasteiger partial charge in [-0.25, -0.2) is 0 Å². The van der Waals surface area contributed by atoms with E-state index in [0.29, 0.717) is 5.92 Å². The largest absolute Gasteiger partial charge is 0.469 e. The van der Waals surface area contributed by atoms with Crippen LogP contribution in [0.5, 0.6) is 0 Å². The lowest BCUT2D eigenvalue weighted by atomic mass is 9.69. The molecule has 1 N–H and O–H groups in total. The fourth-order valence-electron chi connectivity index (χ4n) is 2.32. The molecule has 0 spiro atoms. The molecule has 3 heteroatoms. The molecule has 0 radical (unpaired) electrons. The summed E-state index contributed by atoms with van der Waals surface area (Å²) in [5.74, 6) is 0.488. The summed E-state index contributed by atoms with van der Waals surface area (Å²) in [6.45, 7) is 8.24. The lowest BCUT2D eigenvalue weighted by Gasteiger charge is -2.34. The molecule has 1 fully saturated rings. The van der Waals surface area contributed by atoms with Crippen LogP contribution in [-0.4, -0.2) is 26.2 Å². The number of esters is 1. The lowest BCUT2D eigenvalue weighted by Crippen LogP contribution is -2.38. The summed E-state index contributed by atoms with van der Waals surface area (Å²) in [5, 5.41) is 3.29.